The van der Waals surface area contributed by atoms with Crippen molar-refractivity contribution in [2.75, 3.05) is 6.54 Å². The first-order chi connectivity index (χ1) is 8.83. The van der Waals surface area contributed by atoms with E-state index in [1.54, 1.807) is 11.6 Å². The second-order valence-corrected chi connectivity index (χ2v) is 7.34. The van der Waals surface area contributed by atoms with Crippen LogP contribution in [0.4, 0.5) is 0 Å². The van der Waals surface area contributed by atoms with E-state index in [1.165, 1.54) is 15.7 Å². The van der Waals surface area contributed by atoms with E-state index in [2.05, 4.69) is 9.71 Å². The molecule has 1 atom stereocenters. The number of thiazole rings is 1. The molecule has 2 rings (SSSR count). The first kappa shape index (κ1) is 14.7. The molecule has 0 fully saturated rings. The average molecular weight is 324 g/mol. The Balaban J connectivity index is 2.29. The highest BCUT2D eigenvalue weighted by atomic mass is 35.5. The minimum absolute atomic E-state index is 0.0372. The van der Waals surface area contributed by atoms with Gasteiger partial charge < -0.3 is 5.11 Å². The van der Waals surface area contributed by atoms with E-state index in [1.807, 2.05) is 13.8 Å². The quantitative estimate of drug-likeness (QED) is 0.870. The highest BCUT2D eigenvalue weighted by Crippen LogP contribution is 2.25. The fourth-order valence-corrected chi connectivity index (χ4v) is 3.98. The highest BCUT2D eigenvalue weighted by molar-refractivity contribution is 7.89. The van der Waals surface area contributed by atoms with Crippen molar-refractivity contribution in [3.8, 4) is 0 Å². The van der Waals surface area contributed by atoms with Gasteiger partial charge in [-0.05, 0) is 5.92 Å². The van der Waals surface area contributed by atoms with E-state index in [9.17, 15) is 13.5 Å². The summed E-state index contributed by atoms with van der Waals surface area (Å²) in [7, 11) is -3.81. The molecule has 2 heterocycles. The Morgan fingerprint density at radius 1 is 1.58 bits per heavy atom. The number of halogens is 1. The largest absolute Gasteiger partial charge is 0.391 e. The number of nitrogens with zero attached hydrogens (tertiary/aromatic N) is 2. The Hall–Kier alpha value is -0.670. The fourth-order valence-electron chi connectivity index (χ4n) is 1.48. The second-order valence-electron chi connectivity index (χ2n) is 4.43. The van der Waals surface area contributed by atoms with Gasteiger partial charge in [0.1, 0.15) is 0 Å². The summed E-state index contributed by atoms with van der Waals surface area (Å²) in [6, 6.07) is 0. The number of rotatable bonds is 5. The summed E-state index contributed by atoms with van der Waals surface area (Å²) in [5.74, 6) is -0.0372. The van der Waals surface area contributed by atoms with Crippen molar-refractivity contribution in [2.45, 2.75) is 25.0 Å². The van der Waals surface area contributed by atoms with E-state index >= 15 is 0 Å². The summed E-state index contributed by atoms with van der Waals surface area (Å²) in [5, 5.41) is 11.2. The Bertz CT molecular complexity index is 677. The SMILES string of the molecule is CC(C)C(O)CNS(=O)(=O)c1c(Cl)nc2sccn12. The number of aliphatic hydroxyl groups is 1. The third-order valence-corrected chi connectivity index (χ3v) is 5.26. The van der Waals surface area contributed by atoms with Crippen LogP contribution >= 0.6 is 22.9 Å². The van der Waals surface area contributed by atoms with Crippen LogP contribution in [0.2, 0.25) is 5.15 Å². The summed E-state index contributed by atoms with van der Waals surface area (Å²) in [6.45, 7) is 3.55. The zero-order valence-corrected chi connectivity index (χ0v) is 12.8. The molecular weight excluding hydrogens is 310 g/mol. The van der Waals surface area contributed by atoms with Gasteiger partial charge in [-0.25, -0.2) is 18.1 Å². The Morgan fingerprint density at radius 3 is 2.89 bits per heavy atom. The Kier molecular flexibility index (Phi) is 4.17. The summed E-state index contributed by atoms with van der Waals surface area (Å²) < 4.78 is 28.1. The third-order valence-electron chi connectivity index (χ3n) is 2.69. The number of hydrogen-bond donors (Lipinski definition) is 2. The van der Waals surface area contributed by atoms with E-state index in [0.29, 0.717) is 4.96 Å². The first-order valence-corrected chi connectivity index (χ1v) is 8.36. The fraction of sp³-hybridized carbons (Fsp3) is 0.500. The molecule has 106 valence electrons. The Morgan fingerprint density at radius 2 is 2.26 bits per heavy atom. The number of hydrogen-bond acceptors (Lipinski definition) is 5. The van der Waals surface area contributed by atoms with Crippen molar-refractivity contribution in [1.82, 2.24) is 14.1 Å². The smallest absolute Gasteiger partial charge is 0.259 e. The first-order valence-electron chi connectivity index (χ1n) is 5.61. The zero-order chi connectivity index (χ0) is 14.2. The summed E-state index contributed by atoms with van der Waals surface area (Å²) in [6.07, 6.45) is 0.839. The average Bonchev–Trinajstić information content (AvgIpc) is 2.84. The van der Waals surface area contributed by atoms with Gasteiger partial charge >= 0.3 is 0 Å². The van der Waals surface area contributed by atoms with Crippen molar-refractivity contribution >= 4 is 37.9 Å². The van der Waals surface area contributed by atoms with Crippen LogP contribution in [-0.2, 0) is 10.0 Å². The van der Waals surface area contributed by atoms with Gasteiger partial charge in [-0.15, -0.1) is 11.3 Å². The van der Waals surface area contributed by atoms with Gasteiger partial charge in [0.2, 0.25) is 0 Å². The predicted molar refractivity (Wildman–Crippen MR) is 74.1 cm³/mol. The van der Waals surface area contributed by atoms with Gasteiger partial charge in [-0.3, -0.25) is 4.40 Å². The second kappa shape index (κ2) is 5.37. The molecule has 0 spiro atoms. The van der Waals surface area contributed by atoms with Crippen molar-refractivity contribution in [2.24, 2.45) is 5.92 Å². The molecule has 0 aliphatic rings. The molecule has 0 saturated heterocycles. The topological polar surface area (TPSA) is 83.7 Å². The van der Waals surface area contributed by atoms with Crippen LogP contribution in [0.5, 0.6) is 0 Å². The molecule has 2 aromatic heterocycles. The zero-order valence-electron chi connectivity index (χ0n) is 10.4. The molecule has 0 aliphatic carbocycles. The van der Waals surface area contributed by atoms with Gasteiger partial charge in [-0.1, -0.05) is 25.4 Å². The van der Waals surface area contributed by atoms with Gasteiger partial charge in [0.15, 0.2) is 15.1 Å². The lowest BCUT2D eigenvalue weighted by Gasteiger charge is -2.14. The minimum Gasteiger partial charge on any atom is -0.391 e. The maximum absolute atomic E-state index is 12.2. The number of fused-ring (bicyclic) bond motifs is 1. The van der Waals surface area contributed by atoms with Crippen molar-refractivity contribution in [1.29, 1.82) is 0 Å². The summed E-state index contributed by atoms with van der Waals surface area (Å²) >= 11 is 7.16. The molecule has 9 heteroatoms. The van der Waals surface area contributed by atoms with E-state index in [0.717, 1.165) is 0 Å². The maximum Gasteiger partial charge on any atom is 0.259 e. The monoisotopic (exact) mass is 323 g/mol. The van der Waals surface area contributed by atoms with Crippen molar-refractivity contribution in [3.63, 3.8) is 0 Å². The van der Waals surface area contributed by atoms with Crippen LogP contribution in [-0.4, -0.2) is 35.6 Å². The van der Waals surface area contributed by atoms with Gasteiger partial charge in [0, 0.05) is 18.1 Å². The molecule has 0 radical (unpaired) electrons. The molecule has 1 unspecified atom stereocenters. The normalized spacial score (nSPS) is 14.4. The number of aliphatic hydroxyl groups excluding tert-OH is 1. The van der Waals surface area contributed by atoms with Gasteiger partial charge in [0.25, 0.3) is 10.0 Å². The number of nitrogens with one attached hydrogen (secondary N) is 1. The van der Waals surface area contributed by atoms with E-state index in [4.69, 9.17) is 11.6 Å². The molecule has 2 aromatic rings. The molecule has 0 saturated carbocycles. The number of aromatic nitrogens is 2. The molecule has 2 N–H and O–H groups in total. The lowest BCUT2D eigenvalue weighted by Crippen LogP contribution is -2.35. The molecule has 0 aromatic carbocycles. The van der Waals surface area contributed by atoms with Crippen LogP contribution in [0.1, 0.15) is 13.8 Å². The van der Waals surface area contributed by atoms with Gasteiger partial charge in [-0.2, -0.15) is 0 Å². The van der Waals surface area contributed by atoms with Crippen LogP contribution in [0, 0.1) is 5.92 Å². The van der Waals surface area contributed by atoms with Crippen molar-refractivity contribution in [3.05, 3.63) is 16.7 Å². The van der Waals surface area contributed by atoms with E-state index in [-0.39, 0.29) is 22.6 Å². The lowest BCUT2D eigenvalue weighted by molar-refractivity contribution is 0.129. The highest BCUT2D eigenvalue weighted by Gasteiger charge is 2.25. The Labute approximate surface area is 120 Å². The molecule has 19 heavy (non-hydrogen) atoms. The predicted octanol–water partition coefficient (Wildman–Crippen LogP) is 1.34. The van der Waals surface area contributed by atoms with Crippen LogP contribution in [0.3, 0.4) is 0 Å². The van der Waals surface area contributed by atoms with Crippen LogP contribution in [0.15, 0.2) is 16.6 Å². The summed E-state index contributed by atoms with van der Waals surface area (Å²) in [4.78, 5) is 4.48. The molecule has 0 aliphatic heterocycles. The number of sulfonamides is 1. The van der Waals surface area contributed by atoms with E-state index < -0.39 is 16.1 Å². The molecular formula is C10H14ClN3O3S2. The number of imidazole rings is 1. The maximum atomic E-state index is 12.2. The summed E-state index contributed by atoms with van der Waals surface area (Å²) in [5.41, 5.74) is 0. The third kappa shape index (κ3) is 2.92. The van der Waals surface area contributed by atoms with Crippen molar-refractivity contribution < 1.29 is 13.5 Å². The molecule has 0 bridgehead atoms. The standard InChI is InChI=1S/C10H14ClN3O3S2/c1-6(2)7(15)5-12-19(16,17)9-8(11)13-10-14(9)3-4-18-10/h3-4,6-7,12,15H,5H2,1-2H3. The minimum atomic E-state index is -3.81. The molecule has 0 amide bonds. The van der Waals surface area contributed by atoms with Crippen LogP contribution in [0.25, 0.3) is 4.96 Å². The molecule has 6 nitrogen and oxygen atoms in total. The van der Waals surface area contributed by atoms with Crippen LogP contribution < -0.4 is 4.72 Å². The lowest BCUT2D eigenvalue weighted by atomic mass is 10.1. The van der Waals surface area contributed by atoms with Gasteiger partial charge in [0.05, 0.1) is 6.10 Å².